The fourth-order valence-electron chi connectivity index (χ4n) is 3.52. The van der Waals surface area contributed by atoms with E-state index in [4.69, 9.17) is 10.8 Å². The number of rotatable bonds is 9. The lowest BCUT2D eigenvalue weighted by atomic mass is 10.0. The van der Waals surface area contributed by atoms with Crippen molar-refractivity contribution in [2.75, 3.05) is 28.5 Å². The van der Waals surface area contributed by atoms with E-state index in [-0.39, 0.29) is 5.95 Å². The van der Waals surface area contributed by atoms with E-state index in [9.17, 15) is 18.3 Å². The highest BCUT2D eigenvalue weighted by Gasteiger charge is 2.20. The number of fused-ring (bicyclic) bond motifs is 1. The van der Waals surface area contributed by atoms with Gasteiger partial charge >= 0.3 is 6.03 Å². The van der Waals surface area contributed by atoms with Gasteiger partial charge in [-0.1, -0.05) is 17.4 Å². The number of nitrogens with two attached hydrogens (primary N) is 1. The zero-order valence-electron chi connectivity index (χ0n) is 20.0. The number of carbonyl (C=O) groups is 1. The summed E-state index contributed by atoms with van der Waals surface area (Å²) in [5, 5.41) is 18.8. The zero-order valence-corrected chi connectivity index (χ0v) is 21.6. The van der Waals surface area contributed by atoms with Crippen LogP contribution in [0.3, 0.4) is 0 Å². The molecule has 12 nitrogen and oxygen atoms in total. The molecule has 194 valence electrons. The second-order valence-electron chi connectivity index (χ2n) is 8.19. The number of aliphatic hydroxyl groups is 2. The van der Waals surface area contributed by atoms with Crippen molar-refractivity contribution in [2.24, 2.45) is 5.73 Å². The van der Waals surface area contributed by atoms with Crippen molar-refractivity contribution in [3.63, 3.8) is 0 Å². The fraction of sp³-hybridized carbons (Fsp3) is 0.261. The van der Waals surface area contributed by atoms with E-state index in [1.165, 1.54) is 28.6 Å². The Labute approximate surface area is 216 Å². The number of primary amides is 1. The van der Waals surface area contributed by atoms with Crippen molar-refractivity contribution >= 4 is 48.7 Å². The van der Waals surface area contributed by atoms with Crippen LogP contribution < -0.4 is 15.4 Å². The minimum atomic E-state index is -3.96. The molecule has 0 saturated carbocycles. The number of aliphatic hydroxyl groups excluding tert-OH is 2. The smallest absolute Gasteiger partial charge is 0.321 e. The van der Waals surface area contributed by atoms with Crippen LogP contribution in [0.4, 0.5) is 15.9 Å². The van der Waals surface area contributed by atoms with Crippen LogP contribution >= 0.6 is 11.3 Å². The topological polar surface area (TPSA) is 185 Å². The van der Waals surface area contributed by atoms with Crippen LogP contribution in [-0.2, 0) is 10.0 Å². The maximum atomic E-state index is 12.1. The van der Waals surface area contributed by atoms with Crippen LogP contribution in [0.15, 0.2) is 42.9 Å². The van der Waals surface area contributed by atoms with E-state index in [0.29, 0.717) is 34.0 Å². The number of sulfonamides is 1. The van der Waals surface area contributed by atoms with Crippen molar-refractivity contribution in [3.05, 3.63) is 48.4 Å². The number of benzene rings is 1. The number of thiazole rings is 1. The summed E-state index contributed by atoms with van der Waals surface area (Å²) in [5.74, 6) is -0.865. The zero-order chi connectivity index (χ0) is 26.7. The van der Waals surface area contributed by atoms with Crippen molar-refractivity contribution in [1.82, 2.24) is 19.9 Å². The van der Waals surface area contributed by atoms with Gasteiger partial charge in [0, 0.05) is 36.3 Å². The van der Waals surface area contributed by atoms with Crippen molar-refractivity contribution in [2.45, 2.75) is 20.0 Å². The number of hydrogen-bond donors (Lipinski definition) is 4. The van der Waals surface area contributed by atoms with Gasteiger partial charge in [0.05, 0.1) is 34.4 Å². The van der Waals surface area contributed by atoms with Crippen molar-refractivity contribution in [1.29, 1.82) is 0 Å². The van der Waals surface area contributed by atoms with E-state index in [0.717, 1.165) is 15.8 Å². The molecule has 2 amide bonds. The van der Waals surface area contributed by atoms with Gasteiger partial charge < -0.3 is 15.9 Å². The fourth-order valence-corrected chi connectivity index (χ4v) is 5.74. The Morgan fingerprint density at radius 2 is 1.89 bits per heavy atom. The Bertz CT molecular complexity index is 1520. The number of anilines is 2. The molecule has 0 aliphatic rings. The molecule has 4 rings (SSSR count). The summed E-state index contributed by atoms with van der Waals surface area (Å²) >= 11 is 1.33. The number of aryl methyl sites for hydroxylation is 1. The maximum Gasteiger partial charge on any atom is 0.321 e. The van der Waals surface area contributed by atoms with Gasteiger partial charge in [0.15, 0.2) is 5.13 Å². The highest BCUT2D eigenvalue weighted by Crippen LogP contribution is 2.39. The molecular formula is C23H25N7O5S2. The Balaban J connectivity index is 1.76. The van der Waals surface area contributed by atoms with E-state index in [1.54, 1.807) is 6.20 Å². The van der Waals surface area contributed by atoms with E-state index < -0.39 is 34.5 Å². The number of nitrogens with zero attached hydrogens (tertiary/aromatic N) is 5. The van der Waals surface area contributed by atoms with Gasteiger partial charge in [-0.15, -0.1) is 0 Å². The highest BCUT2D eigenvalue weighted by atomic mass is 32.2. The minimum Gasteiger partial charge on any atom is -0.394 e. The van der Waals surface area contributed by atoms with Gasteiger partial charge in [-0.2, -0.15) is 0 Å². The van der Waals surface area contributed by atoms with Crippen LogP contribution in [-0.4, -0.2) is 69.6 Å². The van der Waals surface area contributed by atoms with E-state index in [1.807, 2.05) is 38.1 Å². The molecule has 5 N–H and O–H groups in total. The molecule has 0 saturated heterocycles. The lowest BCUT2D eigenvalue weighted by molar-refractivity contribution is 0.112. The minimum absolute atomic E-state index is 0.175. The largest absolute Gasteiger partial charge is 0.394 e. The predicted molar refractivity (Wildman–Crippen MR) is 142 cm³/mol. The van der Waals surface area contributed by atoms with Crippen LogP contribution in [0.1, 0.15) is 12.5 Å². The third-order valence-corrected chi connectivity index (χ3v) is 7.78. The van der Waals surface area contributed by atoms with Crippen LogP contribution in [0.5, 0.6) is 0 Å². The number of carbonyl (C=O) groups excluding carboxylic acids is 1. The summed E-state index contributed by atoms with van der Waals surface area (Å²) < 4.78 is 27.2. The number of hydrogen-bond acceptors (Lipinski definition) is 10. The first-order chi connectivity index (χ1) is 17.6. The lowest BCUT2D eigenvalue weighted by Crippen LogP contribution is -2.35. The van der Waals surface area contributed by atoms with Crippen molar-refractivity contribution in [3.8, 4) is 22.4 Å². The second-order valence-corrected chi connectivity index (χ2v) is 10.9. The van der Waals surface area contributed by atoms with E-state index in [2.05, 4.69) is 24.7 Å². The number of urea groups is 1. The van der Waals surface area contributed by atoms with Gasteiger partial charge in [0.25, 0.3) is 0 Å². The molecule has 3 heterocycles. The molecule has 37 heavy (non-hydrogen) atoms. The summed E-state index contributed by atoms with van der Waals surface area (Å²) in [6, 6.07) is 6.97. The maximum absolute atomic E-state index is 12.1. The van der Waals surface area contributed by atoms with Crippen LogP contribution in [0, 0.1) is 6.92 Å². The molecule has 0 fully saturated rings. The number of aromatic nitrogens is 4. The third-order valence-electron chi connectivity index (χ3n) is 5.33. The highest BCUT2D eigenvalue weighted by molar-refractivity contribution is 7.92. The average Bonchev–Trinajstić information content (AvgIpc) is 3.27. The number of nitrogens with one attached hydrogen (secondary N) is 1. The summed E-state index contributed by atoms with van der Waals surface area (Å²) in [6.07, 6.45) is 3.25. The SMILES string of the molecule is CCN(C(N)=O)c1nc2cc(-c3cnc(NS(=O)(=O)CC(O)CO)nc3)cc(-c3ccc(C)cn3)c2s1. The molecule has 1 atom stereocenters. The van der Waals surface area contributed by atoms with Gasteiger partial charge in [-0.05, 0) is 43.2 Å². The normalized spacial score (nSPS) is 12.4. The molecule has 0 aliphatic heterocycles. The monoisotopic (exact) mass is 543 g/mol. The summed E-state index contributed by atoms with van der Waals surface area (Å²) in [7, 11) is -3.96. The Morgan fingerprint density at radius 3 is 2.49 bits per heavy atom. The Kier molecular flexibility index (Phi) is 7.63. The summed E-state index contributed by atoms with van der Waals surface area (Å²) in [6.45, 7) is 3.43. The molecule has 4 aromatic rings. The number of pyridine rings is 1. The van der Waals surface area contributed by atoms with E-state index >= 15 is 0 Å². The molecule has 0 aliphatic carbocycles. The summed E-state index contributed by atoms with van der Waals surface area (Å²) in [5.41, 5.74) is 9.95. The van der Waals surface area contributed by atoms with Gasteiger partial charge in [0.1, 0.15) is 0 Å². The third kappa shape index (κ3) is 5.99. The molecule has 0 bridgehead atoms. The lowest BCUT2D eigenvalue weighted by Gasteiger charge is -2.13. The first-order valence-corrected chi connectivity index (χ1v) is 13.6. The van der Waals surface area contributed by atoms with Gasteiger partial charge in [-0.25, -0.2) is 28.2 Å². The molecule has 1 unspecified atom stereocenters. The quantitative estimate of drug-likeness (QED) is 0.245. The molecule has 14 heteroatoms. The van der Waals surface area contributed by atoms with Gasteiger partial charge in [-0.3, -0.25) is 14.6 Å². The average molecular weight is 544 g/mol. The molecule has 3 aromatic heterocycles. The summed E-state index contributed by atoms with van der Waals surface area (Å²) in [4.78, 5) is 30.7. The Hall–Kier alpha value is -3.72. The molecular weight excluding hydrogens is 518 g/mol. The van der Waals surface area contributed by atoms with Gasteiger partial charge in [0.2, 0.25) is 16.0 Å². The second kappa shape index (κ2) is 10.7. The standard InChI is InChI=1S/C23H25N7O5S2/c1-3-30(21(24)33)23-28-19-7-14(6-17(20(19)36-23)18-5-4-13(2)8-25-18)15-9-26-22(27-10-15)29-37(34,35)12-16(32)11-31/h4-10,16,31-32H,3,11-12H2,1-2H3,(H2,24,33)(H,26,27,29). The molecule has 1 aromatic carbocycles. The van der Waals surface area contributed by atoms with Crippen LogP contribution in [0.25, 0.3) is 32.6 Å². The Morgan fingerprint density at radius 1 is 1.16 bits per heavy atom. The number of amides is 2. The molecule has 0 spiro atoms. The first-order valence-electron chi connectivity index (χ1n) is 11.2. The van der Waals surface area contributed by atoms with Crippen LogP contribution in [0.2, 0.25) is 0 Å². The first kappa shape index (κ1) is 26.3. The predicted octanol–water partition coefficient (Wildman–Crippen LogP) is 2.12. The van der Waals surface area contributed by atoms with Crippen molar-refractivity contribution < 1.29 is 23.4 Å². The molecule has 0 radical (unpaired) electrons.